The lowest BCUT2D eigenvalue weighted by Gasteiger charge is -2.15. The van der Waals surface area contributed by atoms with Gasteiger partial charge in [0.15, 0.2) is 11.5 Å². The summed E-state index contributed by atoms with van der Waals surface area (Å²) in [4.78, 5) is 13.8. The SMILES string of the molecule is CCCOc1ccc(/C=C/C(=O)N(C)CCOc2ccc(F)cc2)cc1OC. The lowest BCUT2D eigenvalue weighted by molar-refractivity contribution is -0.125. The van der Waals surface area contributed by atoms with Crippen molar-refractivity contribution in [2.45, 2.75) is 13.3 Å². The second-order valence-electron chi connectivity index (χ2n) is 6.15. The van der Waals surface area contributed by atoms with Crippen LogP contribution >= 0.6 is 0 Å². The molecule has 0 aliphatic rings. The maximum atomic E-state index is 12.9. The van der Waals surface area contributed by atoms with Crippen molar-refractivity contribution < 1.29 is 23.4 Å². The van der Waals surface area contributed by atoms with Crippen LogP contribution in [0, 0.1) is 5.82 Å². The molecule has 0 saturated carbocycles. The van der Waals surface area contributed by atoms with Crippen LogP contribution in [0.3, 0.4) is 0 Å². The number of rotatable bonds is 10. The molecular weight excluding hydrogens is 361 g/mol. The Morgan fingerprint density at radius 1 is 1.07 bits per heavy atom. The molecule has 0 N–H and O–H groups in total. The van der Waals surface area contributed by atoms with Gasteiger partial charge in [-0.05, 0) is 54.5 Å². The normalized spacial score (nSPS) is 10.7. The Bertz CT molecular complexity index is 790. The summed E-state index contributed by atoms with van der Waals surface area (Å²) in [5.74, 6) is 1.42. The molecule has 0 aliphatic heterocycles. The molecule has 0 radical (unpaired) electrons. The van der Waals surface area contributed by atoms with Gasteiger partial charge >= 0.3 is 0 Å². The van der Waals surface area contributed by atoms with E-state index in [1.807, 2.05) is 25.1 Å². The lowest BCUT2D eigenvalue weighted by Crippen LogP contribution is -2.29. The number of carbonyl (C=O) groups excluding carboxylic acids is 1. The van der Waals surface area contributed by atoms with E-state index in [4.69, 9.17) is 14.2 Å². The highest BCUT2D eigenvalue weighted by molar-refractivity contribution is 5.91. The Hall–Kier alpha value is -3.02. The van der Waals surface area contributed by atoms with Gasteiger partial charge in [0.2, 0.25) is 5.91 Å². The summed E-state index contributed by atoms with van der Waals surface area (Å²) in [7, 11) is 3.28. The first-order valence-corrected chi connectivity index (χ1v) is 9.16. The van der Waals surface area contributed by atoms with E-state index < -0.39 is 0 Å². The van der Waals surface area contributed by atoms with Gasteiger partial charge in [-0.15, -0.1) is 0 Å². The molecule has 0 aromatic heterocycles. The summed E-state index contributed by atoms with van der Waals surface area (Å²) in [6, 6.07) is 11.3. The third kappa shape index (κ3) is 6.61. The van der Waals surface area contributed by atoms with Gasteiger partial charge in [-0.3, -0.25) is 4.79 Å². The minimum atomic E-state index is -0.314. The van der Waals surface area contributed by atoms with E-state index in [0.29, 0.717) is 37.0 Å². The molecule has 2 aromatic rings. The van der Waals surface area contributed by atoms with Gasteiger partial charge in [-0.2, -0.15) is 0 Å². The van der Waals surface area contributed by atoms with Gasteiger partial charge in [0, 0.05) is 13.1 Å². The Kier molecular flexibility index (Phi) is 8.34. The second kappa shape index (κ2) is 11.0. The number of methoxy groups -OCH3 is 1. The number of hydrogen-bond donors (Lipinski definition) is 0. The number of amides is 1. The molecule has 0 fully saturated rings. The average Bonchev–Trinajstić information content (AvgIpc) is 2.72. The van der Waals surface area contributed by atoms with Gasteiger partial charge in [0.05, 0.1) is 20.3 Å². The third-order valence-electron chi connectivity index (χ3n) is 3.95. The average molecular weight is 387 g/mol. The fraction of sp³-hybridized carbons (Fsp3) is 0.318. The van der Waals surface area contributed by atoms with Crippen molar-refractivity contribution in [2.24, 2.45) is 0 Å². The van der Waals surface area contributed by atoms with Crippen molar-refractivity contribution >= 4 is 12.0 Å². The molecule has 0 unspecified atom stereocenters. The quantitative estimate of drug-likeness (QED) is 0.574. The summed E-state index contributed by atoms with van der Waals surface area (Å²) in [6.07, 6.45) is 4.14. The van der Waals surface area contributed by atoms with E-state index in [9.17, 15) is 9.18 Å². The minimum Gasteiger partial charge on any atom is -0.493 e. The molecule has 0 atom stereocenters. The number of ether oxygens (including phenoxy) is 3. The predicted molar refractivity (Wildman–Crippen MR) is 107 cm³/mol. The van der Waals surface area contributed by atoms with Crippen LogP contribution in [-0.4, -0.2) is 44.7 Å². The van der Waals surface area contributed by atoms with Crippen molar-refractivity contribution in [3.63, 3.8) is 0 Å². The molecule has 150 valence electrons. The second-order valence-corrected chi connectivity index (χ2v) is 6.15. The van der Waals surface area contributed by atoms with E-state index in [1.54, 1.807) is 37.3 Å². The summed E-state index contributed by atoms with van der Waals surface area (Å²) in [5.41, 5.74) is 0.838. The summed E-state index contributed by atoms with van der Waals surface area (Å²) >= 11 is 0. The first-order chi connectivity index (χ1) is 13.5. The lowest BCUT2D eigenvalue weighted by atomic mass is 10.2. The maximum Gasteiger partial charge on any atom is 0.246 e. The van der Waals surface area contributed by atoms with Gasteiger partial charge in [-0.1, -0.05) is 13.0 Å². The summed E-state index contributed by atoms with van der Waals surface area (Å²) in [5, 5.41) is 0. The molecule has 5 nitrogen and oxygen atoms in total. The van der Waals surface area contributed by atoms with Crippen molar-refractivity contribution in [3.05, 3.63) is 59.9 Å². The Morgan fingerprint density at radius 3 is 2.50 bits per heavy atom. The number of halogens is 1. The van der Waals surface area contributed by atoms with Crippen molar-refractivity contribution in [1.29, 1.82) is 0 Å². The zero-order valence-corrected chi connectivity index (χ0v) is 16.5. The zero-order valence-electron chi connectivity index (χ0n) is 16.5. The van der Waals surface area contributed by atoms with E-state index in [1.165, 1.54) is 18.2 Å². The van der Waals surface area contributed by atoms with E-state index in [-0.39, 0.29) is 11.7 Å². The van der Waals surface area contributed by atoms with Crippen molar-refractivity contribution in [1.82, 2.24) is 4.90 Å². The number of hydrogen-bond acceptors (Lipinski definition) is 4. The van der Waals surface area contributed by atoms with Gasteiger partial charge < -0.3 is 19.1 Å². The highest BCUT2D eigenvalue weighted by Crippen LogP contribution is 2.28. The van der Waals surface area contributed by atoms with Crippen molar-refractivity contribution in [3.8, 4) is 17.2 Å². The molecule has 0 spiro atoms. The zero-order chi connectivity index (χ0) is 20.4. The highest BCUT2D eigenvalue weighted by Gasteiger charge is 2.07. The van der Waals surface area contributed by atoms with Crippen LogP contribution in [0.4, 0.5) is 4.39 Å². The predicted octanol–water partition coefficient (Wildman–Crippen LogP) is 4.17. The van der Waals surface area contributed by atoms with Crippen LogP contribution in [0.2, 0.25) is 0 Å². The highest BCUT2D eigenvalue weighted by atomic mass is 19.1. The third-order valence-corrected chi connectivity index (χ3v) is 3.95. The van der Waals surface area contributed by atoms with Crippen molar-refractivity contribution in [2.75, 3.05) is 33.9 Å². The minimum absolute atomic E-state index is 0.145. The van der Waals surface area contributed by atoms with E-state index in [0.717, 1.165) is 12.0 Å². The monoisotopic (exact) mass is 387 g/mol. The number of benzene rings is 2. The molecule has 0 heterocycles. The fourth-order valence-electron chi connectivity index (χ4n) is 2.36. The molecular formula is C22H26FNO4. The number of nitrogens with zero attached hydrogens (tertiary/aromatic N) is 1. The Balaban J connectivity index is 1.86. The standard InChI is InChI=1S/C22H26FNO4/c1-4-14-28-20-11-5-17(16-21(20)26-3)6-12-22(25)24(2)13-15-27-19-9-7-18(23)8-10-19/h5-12,16H,4,13-15H2,1-3H3/b12-6+. The molecule has 2 aromatic carbocycles. The first kappa shape index (κ1) is 21.3. The Labute approximate surface area is 165 Å². The largest absolute Gasteiger partial charge is 0.493 e. The first-order valence-electron chi connectivity index (χ1n) is 9.16. The number of carbonyl (C=O) groups is 1. The van der Waals surface area contributed by atoms with Gasteiger partial charge in [0.1, 0.15) is 18.2 Å². The molecule has 0 saturated heterocycles. The fourth-order valence-corrected chi connectivity index (χ4v) is 2.36. The van der Waals surface area contributed by atoms with Crippen LogP contribution in [0.5, 0.6) is 17.2 Å². The summed E-state index contributed by atoms with van der Waals surface area (Å²) in [6.45, 7) is 3.39. The molecule has 28 heavy (non-hydrogen) atoms. The Morgan fingerprint density at radius 2 is 1.82 bits per heavy atom. The van der Waals surface area contributed by atoms with Crippen LogP contribution in [-0.2, 0) is 4.79 Å². The molecule has 2 rings (SSSR count). The van der Waals surface area contributed by atoms with E-state index >= 15 is 0 Å². The topological polar surface area (TPSA) is 48.0 Å². The van der Waals surface area contributed by atoms with Crippen LogP contribution in [0.15, 0.2) is 48.5 Å². The molecule has 0 aliphatic carbocycles. The van der Waals surface area contributed by atoms with Gasteiger partial charge in [-0.25, -0.2) is 4.39 Å². The van der Waals surface area contributed by atoms with Gasteiger partial charge in [0.25, 0.3) is 0 Å². The molecule has 6 heteroatoms. The summed E-state index contributed by atoms with van der Waals surface area (Å²) < 4.78 is 29.3. The number of likely N-dealkylation sites (N-methyl/N-ethyl adjacent to an activating group) is 1. The van der Waals surface area contributed by atoms with Crippen LogP contribution in [0.25, 0.3) is 6.08 Å². The van der Waals surface area contributed by atoms with E-state index in [2.05, 4.69) is 0 Å². The smallest absolute Gasteiger partial charge is 0.246 e. The molecule has 0 bridgehead atoms. The maximum absolute atomic E-state index is 12.9. The van der Waals surface area contributed by atoms with Crippen LogP contribution < -0.4 is 14.2 Å². The van der Waals surface area contributed by atoms with Crippen LogP contribution in [0.1, 0.15) is 18.9 Å². The molecule has 1 amide bonds.